The number of hydrogen-bond donors (Lipinski definition) is 0. The maximum atomic E-state index is 12.5. The van der Waals surface area contributed by atoms with E-state index in [1.54, 1.807) is 72.8 Å². The van der Waals surface area contributed by atoms with Crippen LogP contribution in [0.4, 0.5) is 0 Å². The summed E-state index contributed by atoms with van der Waals surface area (Å²) >= 11 is 14.2. The zero-order valence-electron chi connectivity index (χ0n) is 17.0. The lowest BCUT2D eigenvalue weighted by atomic mass is 10.0. The fraction of sp³-hybridized carbons (Fsp3) is 0. The molecule has 0 radical (unpaired) electrons. The molecule has 0 N–H and O–H groups in total. The lowest BCUT2D eigenvalue weighted by Gasteiger charge is -2.05. The molecule has 0 fully saturated rings. The Kier molecular flexibility index (Phi) is 7.91. The Morgan fingerprint density at radius 3 is 1.06 bits per heavy atom. The number of rotatable bonds is 8. The Hall–Kier alpha value is -2.54. The zero-order chi connectivity index (χ0) is 23.2. The van der Waals surface area contributed by atoms with E-state index in [9.17, 15) is 9.59 Å². The van der Waals surface area contributed by atoms with E-state index in [1.807, 2.05) is 24.3 Å². The molecule has 0 atom stereocenters. The first-order valence-corrected chi connectivity index (χ1v) is 12.1. The van der Waals surface area contributed by atoms with Crippen molar-refractivity contribution in [1.82, 2.24) is 0 Å². The minimum Gasteiger partial charge on any atom is -0.289 e. The highest BCUT2D eigenvalue weighted by Gasteiger charge is 2.11. The summed E-state index contributed by atoms with van der Waals surface area (Å²) in [6, 6.07) is 28.0. The highest BCUT2D eigenvalue weighted by molar-refractivity contribution is 8.07. The Labute approximate surface area is 210 Å². The lowest BCUT2D eigenvalue weighted by molar-refractivity contribution is 0.103. The van der Waals surface area contributed by atoms with Crippen molar-refractivity contribution in [3.8, 4) is 0 Å². The van der Waals surface area contributed by atoms with Crippen molar-refractivity contribution < 1.29 is 13.2 Å². The van der Waals surface area contributed by atoms with E-state index in [4.69, 9.17) is 26.8 Å². The molecule has 0 amide bonds. The maximum absolute atomic E-state index is 12.5. The van der Waals surface area contributed by atoms with Gasteiger partial charge in [0.1, 0.15) is 0 Å². The SMILES string of the molecule is O=C(c1ccc(Cl)cc1)c1ccc(SOSc2ccc(C(=O)c3ccc(Cl)cc3)cc2)cc1. The summed E-state index contributed by atoms with van der Waals surface area (Å²) in [5.41, 5.74) is 2.36. The van der Waals surface area contributed by atoms with Crippen LogP contribution in [-0.2, 0) is 3.63 Å². The van der Waals surface area contributed by atoms with Crippen LogP contribution in [0.1, 0.15) is 31.8 Å². The molecule has 4 aromatic rings. The van der Waals surface area contributed by atoms with Gasteiger partial charge in [0.15, 0.2) is 11.6 Å². The van der Waals surface area contributed by atoms with Gasteiger partial charge >= 0.3 is 0 Å². The van der Waals surface area contributed by atoms with Gasteiger partial charge in [0.25, 0.3) is 0 Å². The van der Waals surface area contributed by atoms with Gasteiger partial charge in [0.05, 0.1) is 0 Å². The molecule has 0 aliphatic heterocycles. The molecule has 0 saturated carbocycles. The fourth-order valence-corrected chi connectivity index (χ4v) is 4.47. The van der Waals surface area contributed by atoms with Gasteiger partial charge in [0.2, 0.25) is 0 Å². The van der Waals surface area contributed by atoms with Crippen molar-refractivity contribution in [2.75, 3.05) is 0 Å². The number of benzene rings is 4. The number of hydrogen-bond acceptors (Lipinski definition) is 5. The Morgan fingerprint density at radius 1 is 0.485 bits per heavy atom. The van der Waals surface area contributed by atoms with Crippen molar-refractivity contribution in [3.05, 3.63) is 129 Å². The summed E-state index contributed by atoms with van der Waals surface area (Å²) in [6.45, 7) is 0. The summed E-state index contributed by atoms with van der Waals surface area (Å²) in [5, 5.41) is 1.19. The average Bonchev–Trinajstić information content (AvgIpc) is 2.85. The second-order valence-corrected chi connectivity index (χ2v) is 9.65. The van der Waals surface area contributed by atoms with E-state index in [0.29, 0.717) is 32.3 Å². The molecule has 4 aromatic carbocycles. The van der Waals surface area contributed by atoms with Gasteiger partial charge in [-0.25, -0.2) is 3.63 Å². The first-order chi connectivity index (χ1) is 16.0. The smallest absolute Gasteiger partial charge is 0.193 e. The number of carbonyl (C=O) groups excluding carboxylic acids is 2. The monoisotopic (exact) mass is 510 g/mol. The van der Waals surface area contributed by atoms with Crippen LogP contribution in [0.2, 0.25) is 10.0 Å². The lowest BCUT2D eigenvalue weighted by Crippen LogP contribution is -2.00. The normalized spacial score (nSPS) is 10.7. The van der Waals surface area contributed by atoms with Gasteiger partial charge < -0.3 is 0 Å². The topological polar surface area (TPSA) is 43.4 Å². The molecule has 164 valence electrons. The number of carbonyl (C=O) groups is 2. The predicted octanol–water partition coefficient (Wildman–Crippen LogP) is 8.19. The third kappa shape index (κ3) is 6.28. The molecule has 0 heterocycles. The summed E-state index contributed by atoms with van der Waals surface area (Å²) in [4.78, 5) is 26.8. The first kappa shape index (κ1) is 23.6. The van der Waals surface area contributed by atoms with Gasteiger partial charge in [0, 0.05) is 66.2 Å². The van der Waals surface area contributed by atoms with Crippen molar-refractivity contribution in [2.24, 2.45) is 0 Å². The van der Waals surface area contributed by atoms with Crippen LogP contribution in [-0.4, -0.2) is 11.6 Å². The van der Waals surface area contributed by atoms with Gasteiger partial charge in [-0.05, 0) is 97.1 Å². The summed E-state index contributed by atoms with van der Waals surface area (Å²) in [7, 11) is 0. The van der Waals surface area contributed by atoms with Gasteiger partial charge in [-0.15, -0.1) is 0 Å². The average molecular weight is 511 g/mol. The predicted molar refractivity (Wildman–Crippen MR) is 135 cm³/mol. The van der Waals surface area contributed by atoms with Crippen molar-refractivity contribution >= 4 is 58.9 Å². The van der Waals surface area contributed by atoms with Crippen LogP contribution in [0.5, 0.6) is 0 Å². The van der Waals surface area contributed by atoms with Gasteiger partial charge in [-0.1, -0.05) is 23.2 Å². The molecule has 0 spiro atoms. The molecule has 33 heavy (non-hydrogen) atoms. The maximum Gasteiger partial charge on any atom is 0.193 e. The molecule has 0 aromatic heterocycles. The molecule has 7 heteroatoms. The molecule has 0 saturated heterocycles. The molecule has 3 nitrogen and oxygen atoms in total. The van der Waals surface area contributed by atoms with Crippen LogP contribution >= 0.6 is 47.3 Å². The molecule has 4 rings (SSSR count). The Bertz CT molecular complexity index is 1150. The minimum atomic E-state index is -0.0632. The number of ketones is 2. The van der Waals surface area contributed by atoms with E-state index < -0.39 is 0 Å². The van der Waals surface area contributed by atoms with Crippen molar-refractivity contribution in [2.45, 2.75) is 9.79 Å². The van der Waals surface area contributed by atoms with E-state index in [-0.39, 0.29) is 11.6 Å². The molecule has 0 bridgehead atoms. The van der Waals surface area contributed by atoms with Gasteiger partial charge in [-0.2, -0.15) is 0 Å². The van der Waals surface area contributed by atoms with Crippen LogP contribution < -0.4 is 0 Å². The fourth-order valence-electron chi connectivity index (χ4n) is 2.96. The van der Waals surface area contributed by atoms with Crippen molar-refractivity contribution in [3.63, 3.8) is 0 Å². The summed E-state index contributed by atoms with van der Waals surface area (Å²) in [6.07, 6.45) is 0. The molecule has 0 aliphatic rings. The van der Waals surface area contributed by atoms with Crippen LogP contribution in [0.3, 0.4) is 0 Å². The zero-order valence-corrected chi connectivity index (χ0v) is 20.2. The second kappa shape index (κ2) is 11.1. The summed E-state index contributed by atoms with van der Waals surface area (Å²) in [5.74, 6) is -0.126. The molecular weight excluding hydrogens is 495 g/mol. The Morgan fingerprint density at radius 2 is 0.758 bits per heavy atom. The van der Waals surface area contributed by atoms with E-state index in [2.05, 4.69) is 0 Å². The van der Waals surface area contributed by atoms with Gasteiger partial charge in [-0.3, -0.25) is 9.59 Å². The van der Waals surface area contributed by atoms with Crippen molar-refractivity contribution in [1.29, 1.82) is 0 Å². The third-order valence-electron chi connectivity index (χ3n) is 4.71. The van der Waals surface area contributed by atoms with E-state index in [0.717, 1.165) is 9.79 Å². The van der Waals surface area contributed by atoms with Crippen LogP contribution in [0.25, 0.3) is 0 Å². The quantitative estimate of drug-likeness (QED) is 0.176. The van der Waals surface area contributed by atoms with E-state index >= 15 is 0 Å². The molecule has 0 aliphatic carbocycles. The standard InChI is InChI=1S/C26H16Cl2O3S2/c27-21-9-1-17(2-10-21)25(29)19-5-13-23(14-6-19)32-31-33-24-15-7-20(8-16-24)26(30)18-3-11-22(28)12-4-18/h1-16H. The van der Waals surface area contributed by atoms with E-state index in [1.165, 1.54) is 24.1 Å². The molecular formula is C26H16Cl2O3S2. The largest absolute Gasteiger partial charge is 0.289 e. The third-order valence-corrected chi connectivity index (χ3v) is 6.68. The highest BCUT2D eigenvalue weighted by atomic mass is 35.5. The summed E-state index contributed by atoms with van der Waals surface area (Å²) < 4.78 is 5.64. The van der Waals surface area contributed by atoms with Crippen LogP contribution in [0.15, 0.2) is 107 Å². The van der Waals surface area contributed by atoms with Crippen LogP contribution in [0, 0.1) is 0 Å². The molecule has 0 unspecified atom stereocenters. The highest BCUT2D eigenvalue weighted by Crippen LogP contribution is 2.30. The second-order valence-electron chi connectivity index (χ2n) is 6.96. The minimum absolute atomic E-state index is 0.0632. The first-order valence-electron chi connectivity index (χ1n) is 9.81. The number of halogens is 2. The Balaban J connectivity index is 1.30.